The number of piperidine rings is 1. The molecule has 3 aliphatic rings. The number of likely N-dealkylation sites (tertiary alicyclic amines) is 1. The number of carbonyl (C=O) groups excluding carboxylic acids is 1. The lowest BCUT2D eigenvalue weighted by atomic mass is 10.0. The van der Waals surface area contributed by atoms with E-state index in [1.165, 1.54) is 25.7 Å². The van der Waals surface area contributed by atoms with Crippen molar-refractivity contribution in [2.24, 2.45) is 17.8 Å². The summed E-state index contributed by atoms with van der Waals surface area (Å²) in [5, 5.41) is 3.58. The lowest BCUT2D eigenvalue weighted by molar-refractivity contribution is -0.134. The van der Waals surface area contributed by atoms with Crippen LogP contribution in [0.25, 0.3) is 0 Å². The smallest absolute Gasteiger partial charge is 0.226 e. The number of ether oxygens (including phenoxy) is 2. The van der Waals surface area contributed by atoms with Gasteiger partial charge in [0.25, 0.3) is 0 Å². The average molecular weight is 358 g/mol. The van der Waals surface area contributed by atoms with Crippen molar-refractivity contribution in [3.8, 4) is 11.5 Å². The second-order valence-electron chi connectivity index (χ2n) is 8.01. The number of rotatable bonds is 5. The summed E-state index contributed by atoms with van der Waals surface area (Å²) in [7, 11) is 3.32. The van der Waals surface area contributed by atoms with Crippen LogP contribution in [0.15, 0.2) is 18.2 Å². The number of fused-ring (bicyclic) bond motifs is 1. The predicted molar refractivity (Wildman–Crippen MR) is 102 cm³/mol. The number of nitrogens with one attached hydrogen (secondary N) is 1. The minimum absolute atomic E-state index is 0.283. The number of nitrogens with zero attached hydrogens (tertiary/aromatic N) is 1. The maximum Gasteiger partial charge on any atom is 0.226 e. The van der Waals surface area contributed by atoms with Gasteiger partial charge in [-0.1, -0.05) is 12.8 Å². The van der Waals surface area contributed by atoms with Crippen molar-refractivity contribution in [2.75, 3.05) is 32.6 Å². The van der Waals surface area contributed by atoms with Gasteiger partial charge in [-0.15, -0.1) is 0 Å². The van der Waals surface area contributed by atoms with Gasteiger partial charge in [0.05, 0.1) is 14.2 Å². The Hall–Kier alpha value is -1.91. The van der Waals surface area contributed by atoms with Gasteiger partial charge >= 0.3 is 0 Å². The second-order valence-corrected chi connectivity index (χ2v) is 8.01. The fourth-order valence-corrected chi connectivity index (χ4v) is 4.99. The molecule has 2 saturated carbocycles. The Morgan fingerprint density at radius 2 is 1.65 bits per heavy atom. The molecule has 1 N–H and O–H groups in total. The van der Waals surface area contributed by atoms with Crippen molar-refractivity contribution in [1.29, 1.82) is 0 Å². The van der Waals surface area contributed by atoms with Crippen molar-refractivity contribution >= 4 is 11.6 Å². The highest BCUT2D eigenvalue weighted by Crippen LogP contribution is 2.56. The Morgan fingerprint density at radius 3 is 2.27 bits per heavy atom. The summed E-state index contributed by atoms with van der Waals surface area (Å²) in [5.41, 5.74) is 0.987. The molecule has 1 heterocycles. The summed E-state index contributed by atoms with van der Waals surface area (Å²) >= 11 is 0. The van der Waals surface area contributed by atoms with E-state index in [-0.39, 0.29) is 6.04 Å². The zero-order chi connectivity index (χ0) is 18.1. The van der Waals surface area contributed by atoms with Crippen LogP contribution in [0.5, 0.6) is 11.5 Å². The molecule has 4 rings (SSSR count). The molecular formula is C21H30N2O3. The summed E-state index contributed by atoms with van der Waals surface area (Å²) in [4.78, 5) is 15.1. The van der Waals surface area contributed by atoms with E-state index in [9.17, 15) is 4.79 Å². The quantitative estimate of drug-likeness (QED) is 0.875. The monoisotopic (exact) mass is 358 g/mol. The zero-order valence-corrected chi connectivity index (χ0v) is 15.9. The first kappa shape index (κ1) is 17.5. The first-order chi connectivity index (χ1) is 12.7. The van der Waals surface area contributed by atoms with Crippen molar-refractivity contribution < 1.29 is 14.3 Å². The van der Waals surface area contributed by atoms with Crippen molar-refractivity contribution in [3.63, 3.8) is 0 Å². The van der Waals surface area contributed by atoms with E-state index in [1.54, 1.807) is 14.2 Å². The molecule has 1 aromatic carbocycles. The normalized spacial score (nSPS) is 30.3. The summed E-state index contributed by atoms with van der Waals surface area (Å²) in [6, 6.07) is 6.12. The first-order valence-corrected chi connectivity index (χ1v) is 9.98. The SMILES string of the molecule is COc1cc(N[C@@H]2CCCN(C(=O)C3[C@H]4CCCC[C@@H]34)C2)cc(OC)c1. The predicted octanol–water partition coefficient (Wildman–Crippen LogP) is 3.54. The topological polar surface area (TPSA) is 50.8 Å². The molecule has 1 amide bonds. The van der Waals surface area contributed by atoms with Gasteiger partial charge in [-0.25, -0.2) is 0 Å². The van der Waals surface area contributed by atoms with Crippen molar-refractivity contribution in [1.82, 2.24) is 4.90 Å². The first-order valence-electron chi connectivity index (χ1n) is 9.98. The van der Waals surface area contributed by atoms with Crippen LogP contribution in [0, 0.1) is 17.8 Å². The van der Waals surface area contributed by atoms with Crippen molar-refractivity contribution in [3.05, 3.63) is 18.2 Å². The molecule has 0 bridgehead atoms. The number of hydrogen-bond donors (Lipinski definition) is 1. The maximum absolute atomic E-state index is 13.0. The molecule has 26 heavy (non-hydrogen) atoms. The molecule has 5 nitrogen and oxygen atoms in total. The van der Waals surface area contributed by atoms with Crippen LogP contribution < -0.4 is 14.8 Å². The molecule has 0 spiro atoms. The molecule has 1 unspecified atom stereocenters. The highest BCUT2D eigenvalue weighted by Gasteiger charge is 2.55. The standard InChI is InChI=1S/C21H30N2O3/c1-25-16-10-15(11-17(12-16)26-2)22-14-6-5-9-23(13-14)21(24)20-18-7-3-4-8-19(18)20/h10-12,14,18-20,22H,3-9,13H2,1-2H3/t14-,18-,19+,20?/m1/s1. The summed E-state index contributed by atoms with van der Waals surface area (Å²) in [6.45, 7) is 1.71. The lowest BCUT2D eigenvalue weighted by Gasteiger charge is -2.34. The number of carbonyl (C=O) groups is 1. The minimum atomic E-state index is 0.283. The molecule has 1 aromatic rings. The van der Waals surface area contributed by atoms with E-state index >= 15 is 0 Å². The van der Waals surface area contributed by atoms with E-state index < -0.39 is 0 Å². The Bertz CT molecular complexity index is 628. The second kappa shape index (κ2) is 7.37. The maximum atomic E-state index is 13.0. The van der Waals surface area contributed by atoms with E-state index in [0.29, 0.717) is 23.7 Å². The van der Waals surface area contributed by atoms with Crippen LogP contribution in [0.1, 0.15) is 38.5 Å². The van der Waals surface area contributed by atoms with Gasteiger partial charge in [-0.3, -0.25) is 4.79 Å². The van der Waals surface area contributed by atoms with Crippen LogP contribution in [0.3, 0.4) is 0 Å². The van der Waals surface area contributed by atoms with Gasteiger partial charge in [0.2, 0.25) is 5.91 Å². The minimum Gasteiger partial charge on any atom is -0.497 e. The molecule has 142 valence electrons. The van der Waals surface area contributed by atoms with Gasteiger partial charge in [0, 0.05) is 48.9 Å². The Balaban J connectivity index is 1.39. The zero-order valence-electron chi connectivity index (χ0n) is 15.9. The Kier molecular flexibility index (Phi) is 4.96. The third-order valence-corrected chi connectivity index (χ3v) is 6.40. The number of methoxy groups -OCH3 is 2. The van der Waals surface area contributed by atoms with E-state index in [4.69, 9.17) is 9.47 Å². The number of benzene rings is 1. The molecule has 1 saturated heterocycles. The summed E-state index contributed by atoms with van der Waals surface area (Å²) in [6.07, 6.45) is 7.30. The Labute approximate surface area is 156 Å². The fourth-order valence-electron chi connectivity index (χ4n) is 4.99. The molecule has 0 aromatic heterocycles. The van der Waals surface area contributed by atoms with E-state index in [0.717, 1.165) is 43.1 Å². The van der Waals surface area contributed by atoms with Gasteiger partial charge in [0.15, 0.2) is 0 Å². The van der Waals surface area contributed by atoms with Crippen LogP contribution >= 0.6 is 0 Å². The van der Waals surface area contributed by atoms with E-state index in [2.05, 4.69) is 10.2 Å². The number of amides is 1. The molecule has 5 heteroatoms. The molecule has 4 atom stereocenters. The molecule has 1 aliphatic heterocycles. The van der Waals surface area contributed by atoms with Crippen LogP contribution in [-0.2, 0) is 4.79 Å². The van der Waals surface area contributed by atoms with Gasteiger partial charge < -0.3 is 19.7 Å². The highest BCUT2D eigenvalue weighted by molar-refractivity contribution is 5.82. The summed E-state index contributed by atoms with van der Waals surface area (Å²) in [5.74, 6) is 3.67. The lowest BCUT2D eigenvalue weighted by Crippen LogP contribution is -2.46. The Morgan fingerprint density at radius 1 is 1.00 bits per heavy atom. The van der Waals surface area contributed by atoms with Crippen molar-refractivity contribution in [2.45, 2.75) is 44.6 Å². The number of anilines is 1. The largest absolute Gasteiger partial charge is 0.497 e. The third kappa shape index (κ3) is 3.49. The molecule has 2 aliphatic carbocycles. The molecular weight excluding hydrogens is 328 g/mol. The van der Waals surface area contributed by atoms with E-state index in [1.807, 2.05) is 18.2 Å². The van der Waals surface area contributed by atoms with Gasteiger partial charge in [-0.2, -0.15) is 0 Å². The van der Waals surface area contributed by atoms with Crippen LogP contribution in [-0.4, -0.2) is 44.2 Å². The van der Waals surface area contributed by atoms with Gasteiger partial charge in [0.1, 0.15) is 11.5 Å². The molecule has 3 fully saturated rings. The molecule has 0 radical (unpaired) electrons. The number of hydrogen-bond acceptors (Lipinski definition) is 4. The third-order valence-electron chi connectivity index (χ3n) is 6.40. The highest BCUT2D eigenvalue weighted by atomic mass is 16.5. The summed E-state index contributed by atoms with van der Waals surface area (Å²) < 4.78 is 10.7. The van der Waals surface area contributed by atoms with Crippen LogP contribution in [0.4, 0.5) is 5.69 Å². The van der Waals surface area contributed by atoms with Crippen LogP contribution in [0.2, 0.25) is 0 Å². The fraction of sp³-hybridized carbons (Fsp3) is 0.667. The van der Waals surface area contributed by atoms with Gasteiger partial charge in [-0.05, 0) is 37.5 Å². The average Bonchev–Trinajstić information content (AvgIpc) is 3.41.